The van der Waals surface area contributed by atoms with E-state index in [0.717, 1.165) is 11.5 Å². The molecule has 0 fully saturated rings. The number of benzene rings is 2. The monoisotopic (exact) mass is 584 g/mol. The second-order valence-corrected chi connectivity index (χ2v) is 40.7. The van der Waals surface area contributed by atoms with Gasteiger partial charge in [-0.3, -0.25) is 0 Å². The van der Waals surface area contributed by atoms with Gasteiger partial charge in [-0.2, -0.15) is 0 Å². The zero-order chi connectivity index (χ0) is 21.9. The third kappa shape index (κ3) is 3.80. The first kappa shape index (κ1) is 25.3. The van der Waals surface area contributed by atoms with Crippen molar-refractivity contribution in [3.63, 3.8) is 0 Å². The van der Waals surface area contributed by atoms with Gasteiger partial charge >= 0.3 is 192 Å². The van der Waals surface area contributed by atoms with E-state index in [2.05, 4.69) is 89.0 Å². The molecule has 2 aliphatic rings. The first-order valence-electron chi connectivity index (χ1n) is 11.2. The summed E-state index contributed by atoms with van der Waals surface area (Å²) >= 11 is -3.68. The number of hydrogen-bond donors (Lipinski definition) is 0. The van der Waals surface area contributed by atoms with E-state index in [9.17, 15) is 0 Å². The molecule has 4 aromatic rings. The van der Waals surface area contributed by atoms with Crippen LogP contribution in [0.1, 0.15) is 41.0 Å². The van der Waals surface area contributed by atoms with E-state index in [1.54, 1.807) is 12.5 Å². The second-order valence-electron chi connectivity index (χ2n) is 10.2. The fraction of sp³-hybridized carbons (Fsp3) is 0.143. The van der Waals surface area contributed by atoms with Crippen molar-refractivity contribution in [1.29, 1.82) is 0 Å². The Bertz CT molecular complexity index is 1350. The van der Waals surface area contributed by atoms with Gasteiger partial charge in [-0.15, -0.1) is 24.8 Å². The van der Waals surface area contributed by atoms with Crippen LogP contribution in [0.3, 0.4) is 0 Å². The molecule has 2 aromatic carbocycles. The molecule has 34 heavy (non-hydrogen) atoms. The van der Waals surface area contributed by atoms with Gasteiger partial charge in [0.25, 0.3) is 0 Å². The van der Waals surface area contributed by atoms with Gasteiger partial charge < -0.3 is 0 Å². The number of hydrogen-bond acceptors (Lipinski definition) is 2. The van der Waals surface area contributed by atoms with Crippen LogP contribution >= 0.6 is 24.8 Å². The summed E-state index contributed by atoms with van der Waals surface area (Å²) in [5.41, 5.74) is 8.24. The van der Waals surface area contributed by atoms with Gasteiger partial charge in [0, 0.05) is 0 Å². The molecule has 0 spiro atoms. The Morgan fingerprint density at radius 3 is 1.41 bits per heavy atom. The van der Waals surface area contributed by atoms with Gasteiger partial charge in [0.05, 0.1) is 0 Å². The molecule has 0 amide bonds. The third-order valence-electron chi connectivity index (χ3n) is 7.37. The van der Waals surface area contributed by atoms with Crippen LogP contribution in [-0.4, -0.2) is 6.88 Å². The molecule has 0 aliphatic heterocycles. The summed E-state index contributed by atoms with van der Waals surface area (Å²) in [6, 6.07) is 26.1. The Balaban J connectivity index is 0.00000137. The summed E-state index contributed by atoms with van der Waals surface area (Å²) in [6.45, 7) is 2.33. The summed E-state index contributed by atoms with van der Waals surface area (Å²) < 4.78 is 18.0. The van der Waals surface area contributed by atoms with Crippen LogP contribution in [0.4, 0.5) is 0 Å². The normalized spacial score (nSPS) is 18.8. The van der Waals surface area contributed by atoms with Crippen LogP contribution in [0.25, 0.3) is 23.3 Å². The average Bonchev–Trinajstić information content (AvgIpc) is 3.57. The minimum absolute atomic E-state index is 0. The number of rotatable bonds is 4. The Morgan fingerprint density at radius 2 is 1.03 bits per heavy atom. The van der Waals surface area contributed by atoms with Crippen LogP contribution in [-0.2, 0) is 17.4 Å². The Kier molecular flexibility index (Phi) is 6.68. The molecule has 2 aromatic heterocycles. The van der Waals surface area contributed by atoms with Crippen molar-refractivity contribution in [3.05, 3.63) is 119 Å². The molecule has 6 heteroatoms. The van der Waals surface area contributed by atoms with Gasteiger partial charge in [-0.05, 0) is 0 Å². The Labute approximate surface area is 215 Å². The summed E-state index contributed by atoms with van der Waals surface area (Å²) in [7, 11) is 0. The fourth-order valence-electron chi connectivity index (χ4n) is 6.17. The molecule has 174 valence electrons. The molecule has 6 rings (SSSR count). The maximum absolute atomic E-state index is 5.99. The summed E-state index contributed by atoms with van der Waals surface area (Å²) in [5, 5.41) is 0. The van der Waals surface area contributed by atoms with E-state index >= 15 is 0 Å². The van der Waals surface area contributed by atoms with Crippen LogP contribution < -0.4 is 0 Å². The third-order valence-corrected chi connectivity index (χ3v) is 24.6. The summed E-state index contributed by atoms with van der Waals surface area (Å²) in [4.78, 5) is 0. The topological polar surface area (TPSA) is 26.3 Å². The minimum atomic E-state index is -3.68. The number of halogens is 2. The zero-order valence-corrected chi connectivity index (χ0v) is 24.7. The van der Waals surface area contributed by atoms with Crippen molar-refractivity contribution < 1.29 is 26.2 Å². The molecule has 0 bridgehead atoms. The second kappa shape index (κ2) is 8.99. The molecule has 2 atom stereocenters. The number of furan rings is 2. The van der Waals surface area contributed by atoms with E-state index in [4.69, 9.17) is 8.83 Å². The number of allylic oxidation sites excluding steroid dienone is 2. The van der Waals surface area contributed by atoms with Crippen LogP contribution in [0, 0.1) is 0 Å². The van der Waals surface area contributed by atoms with E-state index < -0.39 is 17.4 Å². The molecule has 0 saturated heterocycles. The first-order chi connectivity index (χ1) is 15.4. The summed E-state index contributed by atoms with van der Waals surface area (Å²) in [5.74, 6) is 1.99. The molecule has 0 radical (unpaired) electrons. The van der Waals surface area contributed by atoms with E-state index in [1.165, 1.54) is 33.4 Å². The molecule has 2 unspecified atom stereocenters. The zero-order valence-electron chi connectivity index (χ0n) is 19.2. The van der Waals surface area contributed by atoms with Gasteiger partial charge in [-0.25, -0.2) is 0 Å². The summed E-state index contributed by atoms with van der Waals surface area (Å²) in [6.07, 6.45) is 8.32. The molecule has 0 N–H and O–H groups in total. The van der Waals surface area contributed by atoms with Gasteiger partial charge in [0.1, 0.15) is 0 Å². The van der Waals surface area contributed by atoms with Crippen molar-refractivity contribution >= 4 is 55.0 Å². The van der Waals surface area contributed by atoms with Gasteiger partial charge in [0.2, 0.25) is 0 Å². The van der Waals surface area contributed by atoms with Crippen molar-refractivity contribution in [2.45, 2.75) is 16.5 Å². The maximum atomic E-state index is 5.99. The van der Waals surface area contributed by atoms with E-state index in [1.807, 2.05) is 12.1 Å². The molecular formula is C28H28Cl2O2SiZr. The molecule has 0 saturated carbocycles. The van der Waals surface area contributed by atoms with Crippen LogP contribution in [0.15, 0.2) is 94.2 Å². The Hall–Kier alpha value is -1.84. The number of fused-ring (bicyclic) bond motifs is 2. The van der Waals surface area contributed by atoms with E-state index in [-0.39, 0.29) is 24.8 Å². The standard InChI is InChI=1S/2C13H9O.2CH3.2ClH.H2Si.Zr/c2*1-2-5-11-9-12(8-10(11)4-1)13-6-3-7-14-13;;;;;;/h2*1-9H;2*1H3;2*1H;1H2;. The molecule has 2 heterocycles. The Morgan fingerprint density at radius 1 is 0.618 bits per heavy atom. The van der Waals surface area contributed by atoms with Crippen LogP contribution in [0.2, 0.25) is 9.26 Å². The predicted molar refractivity (Wildman–Crippen MR) is 146 cm³/mol. The van der Waals surface area contributed by atoms with E-state index in [0.29, 0.717) is 7.25 Å². The van der Waals surface area contributed by atoms with Gasteiger partial charge in [-0.1, -0.05) is 0 Å². The molecular weight excluding hydrogens is 559 g/mol. The quantitative estimate of drug-likeness (QED) is 0.227. The van der Waals surface area contributed by atoms with Crippen molar-refractivity contribution in [1.82, 2.24) is 0 Å². The van der Waals surface area contributed by atoms with Crippen molar-refractivity contribution in [3.8, 4) is 0 Å². The average molecular weight is 587 g/mol. The molecule has 2 aliphatic carbocycles. The van der Waals surface area contributed by atoms with Gasteiger partial charge in [0.15, 0.2) is 0 Å². The fourth-order valence-corrected chi connectivity index (χ4v) is 24.6. The predicted octanol–water partition coefficient (Wildman–Crippen LogP) is 7.94. The van der Waals surface area contributed by atoms with Crippen molar-refractivity contribution in [2.75, 3.05) is 0 Å². The first-order valence-corrected chi connectivity index (χ1v) is 24.9. The SMILES string of the molecule is Cl.Cl.[CH3][Zr]([CH3])(=[SiH2])([CH]1C(c2ccco2)=Cc2ccccc21)[CH]1C(c2ccco2)=Cc2ccccc21. The van der Waals surface area contributed by atoms with Crippen LogP contribution in [0.5, 0.6) is 0 Å². The molecule has 2 nitrogen and oxygen atoms in total. The van der Waals surface area contributed by atoms with Crippen molar-refractivity contribution in [2.24, 2.45) is 0 Å².